The minimum atomic E-state index is -2.07. The third kappa shape index (κ3) is 3.39. The maximum absolute atomic E-state index is 9.41. The van der Waals surface area contributed by atoms with Gasteiger partial charge in [-0.25, -0.2) is 0 Å². The molecular formula is C28H25NOP+. The Labute approximate surface area is 183 Å². The Balaban J connectivity index is 1.85. The van der Waals surface area contributed by atoms with Crippen molar-refractivity contribution >= 4 is 39.4 Å². The van der Waals surface area contributed by atoms with Crippen molar-refractivity contribution in [1.82, 2.24) is 4.57 Å². The zero-order valence-electron chi connectivity index (χ0n) is 17.3. The molecule has 0 bridgehead atoms. The van der Waals surface area contributed by atoms with Crippen LogP contribution < -0.4 is 21.2 Å². The highest BCUT2D eigenvalue weighted by molar-refractivity contribution is 8.01. The van der Waals surface area contributed by atoms with Crippen molar-refractivity contribution in [2.24, 2.45) is 0 Å². The summed E-state index contributed by atoms with van der Waals surface area (Å²) < 4.78 is 2.12. The van der Waals surface area contributed by atoms with Crippen molar-refractivity contribution in [2.75, 3.05) is 6.61 Å². The molecule has 1 N–H and O–H groups in total. The molecule has 3 heteroatoms. The van der Waals surface area contributed by atoms with Gasteiger partial charge in [-0.3, -0.25) is 0 Å². The average molecular weight is 422 g/mol. The Kier molecular flexibility index (Phi) is 5.42. The van der Waals surface area contributed by atoms with Crippen molar-refractivity contribution in [1.29, 1.82) is 0 Å². The van der Waals surface area contributed by atoms with Crippen LogP contribution in [0.25, 0.3) is 10.9 Å². The highest BCUT2D eigenvalue weighted by Crippen LogP contribution is 2.54. The summed E-state index contributed by atoms with van der Waals surface area (Å²) >= 11 is 0. The highest BCUT2D eigenvalue weighted by atomic mass is 31.2. The van der Waals surface area contributed by atoms with E-state index in [2.05, 4.69) is 126 Å². The summed E-state index contributed by atoms with van der Waals surface area (Å²) in [5.41, 5.74) is 1.16. The normalized spacial score (nSPS) is 11.6. The van der Waals surface area contributed by atoms with E-state index in [1.54, 1.807) is 0 Å². The van der Waals surface area contributed by atoms with Crippen LogP contribution in [0, 0.1) is 0 Å². The molecule has 4 aromatic carbocycles. The summed E-state index contributed by atoms with van der Waals surface area (Å²) in [6, 6.07) is 41.8. The lowest BCUT2D eigenvalue weighted by molar-refractivity contribution is 0.278. The van der Waals surface area contributed by atoms with Crippen LogP contribution in [0.4, 0.5) is 0 Å². The first-order chi connectivity index (χ1) is 15.3. The SMILES string of the molecule is OCCn1ccc2cc([P+](c3ccccc3)(c3ccccc3)c3ccccc3)ccc21. The summed E-state index contributed by atoms with van der Waals surface area (Å²) in [5.74, 6) is 0. The van der Waals surface area contributed by atoms with Crippen molar-refractivity contribution in [3.05, 3.63) is 121 Å². The maximum Gasteiger partial charge on any atom is 0.144 e. The number of hydrogen-bond acceptors (Lipinski definition) is 1. The first-order valence-corrected chi connectivity index (χ1v) is 12.4. The second kappa shape index (κ2) is 8.51. The van der Waals surface area contributed by atoms with E-state index in [1.165, 1.54) is 26.6 Å². The lowest BCUT2D eigenvalue weighted by Crippen LogP contribution is -2.38. The van der Waals surface area contributed by atoms with Crippen molar-refractivity contribution in [3.63, 3.8) is 0 Å². The maximum atomic E-state index is 9.41. The number of aliphatic hydroxyl groups excluding tert-OH is 1. The van der Waals surface area contributed by atoms with E-state index < -0.39 is 7.26 Å². The number of nitrogens with zero attached hydrogens (tertiary/aromatic N) is 1. The molecule has 0 spiro atoms. The molecule has 0 aliphatic rings. The highest BCUT2D eigenvalue weighted by Gasteiger charge is 2.47. The number of hydrogen-bond donors (Lipinski definition) is 1. The molecule has 0 aliphatic carbocycles. The van der Waals surface area contributed by atoms with E-state index in [0.29, 0.717) is 6.54 Å². The third-order valence-electron chi connectivity index (χ3n) is 5.91. The van der Waals surface area contributed by atoms with Crippen LogP contribution in [-0.2, 0) is 6.54 Å². The van der Waals surface area contributed by atoms with E-state index in [0.717, 1.165) is 5.52 Å². The Morgan fingerprint density at radius 1 is 0.581 bits per heavy atom. The molecule has 0 saturated heterocycles. The van der Waals surface area contributed by atoms with Gasteiger partial charge in [0.05, 0.1) is 6.61 Å². The molecule has 0 aliphatic heterocycles. The van der Waals surface area contributed by atoms with Crippen LogP contribution in [0.3, 0.4) is 0 Å². The lowest BCUT2D eigenvalue weighted by atomic mass is 10.2. The predicted molar refractivity (Wildman–Crippen MR) is 134 cm³/mol. The van der Waals surface area contributed by atoms with E-state index in [4.69, 9.17) is 0 Å². The Bertz CT molecular complexity index is 1180. The van der Waals surface area contributed by atoms with Crippen molar-refractivity contribution < 1.29 is 5.11 Å². The van der Waals surface area contributed by atoms with Gasteiger partial charge in [-0.15, -0.1) is 0 Å². The standard InChI is InChI=1S/C28H25NOP/c30-21-20-29-19-18-23-22-27(16-17-28(23)29)31(24-10-4-1-5-11-24,25-12-6-2-7-13-25)26-14-8-3-9-15-26/h1-19,22,30H,20-21H2/q+1. The van der Waals surface area contributed by atoms with Gasteiger partial charge in [0.25, 0.3) is 0 Å². The first kappa shape index (κ1) is 19.8. The van der Waals surface area contributed by atoms with Crippen molar-refractivity contribution in [2.45, 2.75) is 6.54 Å². The van der Waals surface area contributed by atoms with Gasteiger partial charge in [-0.05, 0) is 60.7 Å². The zero-order chi connectivity index (χ0) is 21.1. The van der Waals surface area contributed by atoms with E-state index in [9.17, 15) is 5.11 Å². The topological polar surface area (TPSA) is 25.2 Å². The second-order valence-corrected chi connectivity index (χ2v) is 11.1. The molecule has 0 amide bonds. The van der Waals surface area contributed by atoms with Crippen LogP contribution in [0.5, 0.6) is 0 Å². The lowest BCUT2D eigenvalue weighted by Gasteiger charge is -2.27. The number of aliphatic hydroxyl groups is 1. The second-order valence-electron chi connectivity index (χ2n) is 7.65. The van der Waals surface area contributed by atoms with Crippen LogP contribution in [0.2, 0.25) is 0 Å². The molecule has 1 aromatic heterocycles. The predicted octanol–water partition coefficient (Wildman–Crippen LogP) is 4.25. The molecule has 0 unspecified atom stereocenters. The Morgan fingerprint density at radius 3 is 1.58 bits per heavy atom. The van der Waals surface area contributed by atoms with Gasteiger partial charge in [0, 0.05) is 23.6 Å². The molecule has 0 saturated carbocycles. The molecule has 0 fully saturated rings. The van der Waals surface area contributed by atoms with Gasteiger partial charge in [0.1, 0.15) is 28.5 Å². The van der Waals surface area contributed by atoms with E-state index in [1.807, 2.05) is 0 Å². The Morgan fingerprint density at radius 2 is 1.10 bits per heavy atom. The van der Waals surface area contributed by atoms with Gasteiger partial charge in [-0.2, -0.15) is 0 Å². The van der Waals surface area contributed by atoms with E-state index >= 15 is 0 Å². The molecule has 5 rings (SSSR count). The Hall–Kier alpha value is -3.19. The molecular weight excluding hydrogens is 397 g/mol. The van der Waals surface area contributed by atoms with Crippen LogP contribution in [-0.4, -0.2) is 16.3 Å². The molecule has 2 nitrogen and oxygen atoms in total. The third-order valence-corrected chi connectivity index (χ3v) is 10.2. The molecule has 5 aromatic rings. The van der Waals surface area contributed by atoms with Crippen LogP contribution >= 0.6 is 7.26 Å². The summed E-state index contributed by atoms with van der Waals surface area (Å²) in [5, 5.41) is 16.0. The molecule has 0 radical (unpaired) electrons. The fourth-order valence-corrected chi connectivity index (χ4v) is 8.83. The smallest absolute Gasteiger partial charge is 0.144 e. The minimum Gasteiger partial charge on any atom is -0.395 e. The zero-order valence-corrected chi connectivity index (χ0v) is 18.2. The van der Waals surface area contributed by atoms with Crippen LogP contribution in [0.1, 0.15) is 0 Å². The fourth-order valence-electron chi connectivity index (χ4n) is 4.55. The number of aromatic nitrogens is 1. The summed E-state index contributed by atoms with van der Waals surface area (Å²) in [6.07, 6.45) is 2.07. The largest absolute Gasteiger partial charge is 0.395 e. The number of fused-ring (bicyclic) bond motifs is 1. The summed E-state index contributed by atoms with van der Waals surface area (Å²) in [7, 11) is -2.07. The monoisotopic (exact) mass is 422 g/mol. The van der Waals surface area contributed by atoms with Gasteiger partial charge in [0.15, 0.2) is 0 Å². The van der Waals surface area contributed by atoms with Gasteiger partial charge < -0.3 is 9.67 Å². The quantitative estimate of drug-likeness (QED) is 0.407. The molecule has 31 heavy (non-hydrogen) atoms. The summed E-state index contributed by atoms with van der Waals surface area (Å²) in [4.78, 5) is 0. The molecule has 1 heterocycles. The minimum absolute atomic E-state index is 0.139. The number of rotatable bonds is 6. The fraction of sp³-hybridized carbons (Fsp3) is 0.0714. The number of benzene rings is 4. The molecule has 152 valence electrons. The first-order valence-electron chi connectivity index (χ1n) is 10.6. The van der Waals surface area contributed by atoms with Crippen molar-refractivity contribution in [3.8, 4) is 0 Å². The van der Waals surface area contributed by atoms with E-state index in [-0.39, 0.29) is 6.61 Å². The van der Waals surface area contributed by atoms with Crippen LogP contribution in [0.15, 0.2) is 121 Å². The van der Waals surface area contributed by atoms with Gasteiger partial charge in [0.2, 0.25) is 0 Å². The summed E-state index contributed by atoms with van der Waals surface area (Å²) in [6.45, 7) is 0.750. The van der Waals surface area contributed by atoms with Gasteiger partial charge >= 0.3 is 0 Å². The average Bonchev–Trinajstić information content (AvgIpc) is 3.24. The molecule has 0 atom stereocenters. The van der Waals surface area contributed by atoms with Gasteiger partial charge in [-0.1, -0.05) is 54.6 Å².